The predicted octanol–water partition coefficient (Wildman–Crippen LogP) is 2.83. The first-order chi connectivity index (χ1) is 10.7. The summed E-state index contributed by atoms with van der Waals surface area (Å²) in [6.07, 6.45) is 9.74. The third kappa shape index (κ3) is 2.36. The van der Waals surface area contributed by atoms with E-state index < -0.39 is 5.97 Å². The van der Waals surface area contributed by atoms with E-state index in [1.165, 1.54) is 19.3 Å². The molecule has 3 aliphatic rings. The zero-order valence-electron chi connectivity index (χ0n) is 12.9. The Morgan fingerprint density at radius 3 is 2.68 bits per heavy atom. The van der Waals surface area contributed by atoms with Crippen LogP contribution in [0.5, 0.6) is 0 Å². The van der Waals surface area contributed by atoms with Crippen LogP contribution in [0, 0.1) is 11.3 Å². The molecule has 1 spiro atoms. The Bertz CT molecular complexity index is 579. The lowest BCUT2D eigenvalue weighted by molar-refractivity contribution is -0.145. The second-order valence-corrected chi connectivity index (χ2v) is 7.27. The molecule has 0 aromatic carbocycles. The Balaban J connectivity index is 1.60. The summed E-state index contributed by atoms with van der Waals surface area (Å²) in [7, 11) is 0. The molecule has 0 bridgehead atoms. The van der Waals surface area contributed by atoms with Gasteiger partial charge in [-0.3, -0.25) is 4.79 Å². The Kier molecular flexibility index (Phi) is 3.31. The van der Waals surface area contributed by atoms with Gasteiger partial charge in [-0.05, 0) is 25.7 Å². The molecule has 0 amide bonds. The van der Waals surface area contributed by atoms with Gasteiger partial charge in [-0.25, -0.2) is 9.97 Å². The minimum Gasteiger partial charge on any atom is -0.481 e. The fourth-order valence-electron chi connectivity index (χ4n) is 4.38. The number of aromatic nitrogens is 2. The number of carboxylic acids is 1. The molecule has 5 nitrogen and oxygen atoms in total. The number of aliphatic carboxylic acids is 1. The molecule has 0 radical (unpaired) electrons. The highest BCUT2D eigenvalue weighted by molar-refractivity contribution is 5.73. The van der Waals surface area contributed by atoms with Crippen LogP contribution in [0.25, 0.3) is 0 Å². The van der Waals surface area contributed by atoms with E-state index in [2.05, 4.69) is 20.9 Å². The molecule has 1 N–H and O–H groups in total. The lowest BCUT2D eigenvalue weighted by Gasteiger charge is -2.36. The number of anilines is 1. The third-order valence-electron chi connectivity index (χ3n) is 5.79. The van der Waals surface area contributed by atoms with Gasteiger partial charge in [0.2, 0.25) is 0 Å². The van der Waals surface area contributed by atoms with Crippen molar-refractivity contribution >= 4 is 11.8 Å². The average molecular weight is 301 g/mol. The van der Waals surface area contributed by atoms with Crippen LogP contribution in [0.3, 0.4) is 0 Å². The molecule has 1 saturated heterocycles. The first-order valence-corrected chi connectivity index (χ1v) is 8.48. The summed E-state index contributed by atoms with van der Waals surface area (Å²) >= 11 is 0. The maximum Gasteiger partial charge on any atom is 0.308 e. The van der Waals surface area contributed by atoms with Gasteiger partial charge in [-0.15, -0.1) is 0 Å². The van der Waals surface area contributed by atoms with E-state index in [-0.39, 0.29) is 11.3 Å². The van der Waals surface area contributed by atoms with E-state index >= 15 is 0 Å². The lowest BCUT2D eigenvalue weighted by atomic mass is 9.68. The van der Waals surface area contributed by atoms with Gasteiger partial charge in [-0.2, -0.15) is 0 Å². The quantitative estimate of drug-likeness (QED) is 0.930. The highest BCUT2D eigenvalue weighted by Crippen LogP contribution is 2.48. The first-order valence-electron chi connectivity index (χ1n) is 8.48. The Labute approximate surface area is 130 Å². The first kappa shape index (κ1) is 14.0. The summed E-state index contributed by atoms with van der Waals surface area (Å²) in [6.45, 7) is 1.43. The number of hydrogen-bond donors (Lipinski definition) is 1. The number of nitrogens with zero attached hydrogens (tertiary/aromatic N) is 3. The van der Waals surface area contributed by atoms with Gasteiger partial charge in [-0.1, -0.05) is 19.3 Å². The molecule has 2 aliphatic carbocycles. The van der Waals surface area contributed by atoms with Crippen molar-refractivity contribution in [1.82, 2.24) is 9.97 Å². The second-order valence-electron chi connectivity index (χ2n) is 7.27. The summed E-state index contributed by atoms with van der Waals surface area (Å²) in [5.74, 6) is 0.627. The standard InChI is InChI=1S/C17H23N3O2/c21-16(22)13-9-20(10-17(13)6-2-1-3-7-17)15-8-14(12-4-5-12)18-11-19-15/h8,11-13H,1-7,9-10H2,(H,21,22)/t13-/m0/s1. The van der Waals surface area contributed by atoms with Gasteiger partial charge in [0.05, 0.1) is 5.92 Å². The zero-order chi connectivity index (χ0) is 15.2. The normalized spacial score (nSPS) is 27.3. The highest BCUT2D eigenvalue weighted by Gasteiger charge is 2.50. The highest BCUT2D eigenvalue weighted by atomic mass is 16.4. The van der Waals surface area contributed by atoms with Crippen molar-refractivity contribution in [3.63, 3.8) is 0 Å². The van der Waals surface area contributed by atoms with Crippen molar-refractivity contribution in [2.24, 2.45) is 11.3 Å². The zero-order valence-corrected chi connectivity index (χ0v) is 12.9. The summed E-state index contributed by atoms with van der Waals surface area (Å²) in [5.41, 5.74) is 1.08. The lowest BCUT2D eigenvalue weighted by Crippen LogP contribution is -2.36. The van der Waals surface area contributed by atoms with Crippen LogP contribution < -0.4 is 4.90 Å². The van der Waals surface area contributed by atoms with Crippen molar-refractivity contribution in [2.75, 3.05) is 18.0 Å². The van der Waals surface area contributed by atoms with Crippen molar-refractivity contribution in [1.29, 1.82) is 0 Å². The van der Waals surface area contributed by atoms with Gasteiger partial charge in [0, 0.05) is 36.2 Å². The number of carboxylic acid groups (broad SMARTS) is 1. The Morgan fingerprint density at radius 1 is 1.23 bits per heavy atom. The summed E-state index contributed by atoms with van der Waals surface area (Å²) < 4.78 is 0. The molecular weight excluding hydrogens is 278 g/mol. The third-order valence-corrected chi connectivity index (χ3v) is 5.79. The van der Waals surface area contributed by atoms with Crippen LogP contribution in [-0.2, 0) is 4.79 Å². The molecule has 3 fully saturated rings. The number of hydrogen-bond acceptors (Lipinski definition) is 4. The average Bonchev–Trinajstić information content (AvgIpc) is 3.32. The Morgan fingerprint density at radius 2 is 2.00 bits per heavy atom. The Hall–Kier alpha value is -1.65. The summed E-state index contributed by atoms with van der Waals surface area (Å²) in [4.78, 5) is 22.8. The topological polar surface area (TPSA) is 66.3 Å². The monoisotopic (exact) mass is 301 g/mol. The second kappa shape index (κ2) is 5.21. The molecule has 5 heteroatoms. The van der Waals surface area contributed by atoms with Crippen LogP contribution >= 0.6 is 0 Å². The van der Waals surface area contributed by atoms with Crippen LogP contribution in [0.15, 0.2) is 12.4 Å². The largest absolute Gasteiger partial charge is 0.481 e. The molecule has 4 rings (SSSR count). The van der Waals surface area contributed by atoms with E-state index in [0.29, 0.717) is 12.5 Å². The molecule has 22 heavy (non-hydrogen) atoms. The molecule has 1 aromatic heterocycles. The molecule has 2 saturated carbocycles. The van der Waals surface area contributed by atoms with E-state index in [0.717, 1.165) is 43.7 Å². The molecule has 2 heterocycles. The fraction of sp³-hybridized carbons (Fsp3) is 0.706. The summed E-state index contributed by atoms with van der Waals surface area (Å²) in [5, 5.41) is 9.69. The van der Waals surface area contributed by atoms with E-state index in [9.17, 15) is 9.90 Å². The SMILES string of the molecule is O=C(O)[C@@H]1CN(c2cc(C3CC3)ncn2)CC12CCCCC2. The van der Waals surface area contributed by atoms with E-state index in [1.54, 1.807) is 6.33 Å². The van der Waals surface area contributed by atoms with Gasteiger partial charge < -0.3 is 10.0 Å². The van der Waals surface area contributed by atoms with Gasteiger partial charge in [0.1, 0.15) is 12.1 Å². The predicted molar refractivity (Wildman–Crippen MR) is 82.9 cm³/mol. The molecule has 1 aliphatic heterocycles. The molecular formula is C17H23N3O2. The summed E-state index contributed by atoms with van der Waals surface area (Å²) in [6, 6.07) is 2.08. The number of carbonyl (C=O) groups is 1. The maximum absolute atomic E-state index is 11.8. The smallest absolute Gasteiger partial charge is 0.308 e. The fourth-order valence-corrected chi connectivity index (χ4v) is 4.38. The molecule has 1 atom stereocenters. The van der Waals surface area contributed by atoms with Crippen LogP contribution in [0.4, 0.5) is 5.82 Å². The molecule has 1 aromatic rings. The molecule has 118 valence electrons. The molecule has 0 unspecified atom stereocenters. The van der Waals surface area contributed by atoms with Gasteiger partial charge >= 0.3 is 5.97 Å². The number of rotatable bonds is 3. The minimum absolute atomic E-state index is 0.0468. The van der Waals surface area contributed by atoms with E-state index in [4.69, 9.17) is 0 Å². The van der Waals surface area contributed by atoms with E-state index in [1.807, 2.05) is 0 Å². The van der Waals surface area contributed by atoms with Crippen LogP contribution in [0.1, 0.15) is 56.6 Å². The minimum atomic E-state index is -0.638. The van der Waals surface area contributed by atoms with Crippen molar-refractivity contribution in [2.45, 2.75) is 50.9 Å². The van der Waals surface area contributed by atoms with Crippen molar-refractivity contribution < 1.29 is 9.90 Å². The van der Waals surface area contributed by atoms with Crippen LogP contribution in [0.2, 0.25) is 0 Å². The van der Waals surface area contributed by atoms with Gasteiger partial charge in [0.25, 0.3) is 0 Å². The van der Waals surface area contributed by atoms with Gasteiger partial charge in [0.15, 0.2) is 0 Å². The van der Waals surface area contributed by atoms with Crippen molar-refractivity contribution in [3.05, 3.63) is 18.1 Å². The van der Waals surface area contributed by atoms with Crippen molar-refractivity contribution in [3.8, 4) is 0 Å². The maximum atomic E-state index is 11.8. The van der Waals surface area contributed by atoms with Crippen LogP contribution in [-0.4, -0.2) is 34.1 Å².